The molecule has 2 aromatic rings. The number of unbranched alkanes of at least 4 members (excludes halogenated alkanes) is 4. The van der Waals surface area contributed by atoms with E-state index in [1.165, 1.54) is 25.7 Å². The lowest BCUT2D eigenvalue weighted by atomic mass is 10.1. The van der Waals surface area contributed by atoms with E-state index in [2.05, 4.69) is 22.5 Å². The Hall–Kier alpha value is -1.35. The molecule has 1 heterocycles. The van der Waals surface area contributed by atoms with Crippen LogP contribution < -0.4 is 0 Å². The van der Waals surface area contributed by atoms with Crippen LogP contribution in [0.5, 0.6) is 0 Å². The van der Waals surface area contributed by atoms with Gasteiger partial charge in [0.15, 0.2) is 0 Å². The Morgan fingerprint density at radius 3 is 2.50 bits per heavy atom. The second-order valence-electron chi connectivity index (χ2n) is 6.05. The van der Waals surface area contributed by atoms with Gasteiger partial charge in [-0.15, -0.1) is 0 Å². The van der Waals surface area contributed by atoms with E-state index in [1.807, 2.05) is 32.0 Å². The molecule has 0 unspecified atom stereocenters. The molecule has 110 valence electrons. The minimum atomic E-state index is -0.900. The summed E-state index contributed by atoms with van der Waals surface area (Å²) in [6.45, 7) is 6.78. The van der Waals surface area contributed by atoms with Gasteiger partial charge >= 0.3 is 0 Å². The van der Waals surface area contributed by atoms with Crippen LogP contribution in [0, 0.1) is 0 Å². The summed E-state index contributed by atoms with van der Waals surface area (Å²) in [7, 11) is 0. The van der Waals surface area contributed by atoms with Crippen molar-refractivity contribution in [3.63, 3.8) is 0 Å². The van der Waals surface area contributed by atoms with Crippen LogP contribution in [0.2, 0.25) is 0 Å². The third-order valence-electron chi connectivity index (χ3n) is 3.69. The molecule has 3 nitrogen and oxygen atoms in total. The number of aromatic nitrogens is 2. The van der Waals surface area contributed by atoms with E-state index < -0.39 is 5.60 Å². The van der Waals surface area contributed by atoms with E-state index in [0.717, 1.165) is 29.8 Å². The lowest BCUT2D eigenvalue weighted by molar-refractivity contribution is 0.0651. The largest absolute Gasteiger partial charge is 0.383 e. The summed E-state index contributed by atoms with van der Waals surface area (Å²) in [6, 6.07) is 8.13. The molecule has 0 radical (unpaired) electrons. The van der Waals surface area contributed by atoms with E-state index >= 15 is 0 Å². The first-order chi connectivity index (χ1) is 9.54. The predicted octanol–water partition coefficient (Wildman–Crippen LogP) is 4.23. The zero-order chi connectivity index (χ0) is 14.6. The molecule has 0 fully saturated rings. The minimum absolute atomic E-state index is 0.772. The van der Waals surface area contributed by atoms with Crippen LogP contribution in [0.4, 0.5) is 0 Å². The minimum Gasteiger partial charge on any atom is -0.383 e. The van der Waals surface area contributed by atoms with Crippen molar-refractivity contribution in [3.8, 4) is 0 Å². The molecular weight excluding hydrogens is 248 g/mol. The van der Waals surface area contributed by atoms with Gasteiger partial charge in [-0.2, -0.15) is 0 Å². The molecule has 1 aromatic carbocycles. The molecular formula is C17H26N2O. The van der Waals surface area contributed by atoms with E-state index in [-0.39, 0.29) is 0 Å². The Bertz CT molecular complexity index is 552. The molecule has 1 aromatic heterocycles. The van der Waals surface area contributed by atoms with Crippen molar-refractivity contribution >= 4 is 11.0 Å². The lowest BCUT2D eigenvalue weighted by Crippen LogP contribution is -2.22. The fraction of sp³-hybridized carbons (Fsp3) is 0.588. The molecule has 2 rings (SSSR count). The van der Waals surface area contributed by atoms with Crippen molar-refractivity contribution in [2.75, 3.05) is 0 Å². The van der Waals surface area contributed by atoms with Crippen LogP contribution in [0.3, 0.4) is 0 Å². The Labute approximate surface area is 121 Å². The first kappa shape index (κ1) is 15.0. The first-order valence-electron chi connectivity index (χ1n) is 7.72. The molecule has 0 saturated heterocycles. The van der Waals surface area contributed by atoms with Crippen molar-refractivity contribution in [2.45, 2.75) is 65.0 Å². The highest BCUT2D eigenvalue weighted by atomic mass is 16.3. The molecule has 0 aliphatic rings. The summed E-state index contributed by atoms with van der Waals surface area (Å²) < 4.78 is 2.18. The van der Waals surface area contributed by atoms with Gasteiger partial charge < -0.3 is 9.67 Å². The van der Waals surface area contributed by atoms with Crippen molar-refractivity contribution in [1.29, 1.82) is 0 Å². The molecule has 1 N–H and O–H groups in total. The number of hydrogen-bond donors (Lipinski definition) is 1. The molecule has 0 aliphatic heterocycles. The van der Waals surface area contributed by atoms with Crippen molar-refractivity contribution in [3.05, 3.63) is 30.1 Å². The fourth-order valence-electron chi connectivity index (χ4n) is 2.64. The maximum Gasteiger partial charge on any atom is 0.141 e. The number of imidazole rings is 1. The number of nitrogens with zero attached hydrogens (tertiary/aromatic N) is 2. The number of benzene rings is 1. The average molecular weight is 274 g/mol. The second kappa shape index (κ2) is 6.40. The maximum atomic E-state index is 10.3. The number of aliphatic hydroxyl groups is 1. The van der Waals surface area contributed by atoms with Crippen molar-refractivity contribution < 1.29 is 5.11 Å². The van der Waals surface area contributed by atoms with Gasteiger partial charge in [-0.25, -0.2) is 4.98 Å². The summed E-state index contributed by atoms with van der Waals surface area (Å²) in [4.78, 5) is 4.61. The molecule has 0 atom stereocenters. The zero-order valence-electron chi connectivity index (χ0n) is 12.9. The van der Waals surface area contributed by atoms with Gasteiger partial charge in [0.25, 0.3) is 0 Å². The SMILES string of the molecule is CCCCCCCn1c(C(C)(C)O)nc2ccccc21. The number of aryl methyl sites for hydroxylation is 1. The Morgan fingerprint density at radius 1 is 1.10 bits per heavy atom. The van der Waals surface area contributed by atoms with Crippen LogP contribution in [0.1, 0.15) is 58.7 Å². The lowest BCUT2D eigenvalue weighted by Gasteiger charge is -2.19. The smallest absolute Gasteiger partial charge is 0.141 e. The summed E-state index contributed by atoms with van der Waals surface area (Å²) in [6.07, 6.45) is 6.25. The van der Waals surface area contributed by atoms with Gasteiger partial charge in [0.05, 0.1) is 11.0 Å². The predicted molar refractivity (Wildman–Crippen MR) is 83.7 cm³/mol. The number of hydrogen-bond acceptors (Lipinski definition) is 2. The highest BCUT2D eigenvalue weighted by Crippen LogP contribution is 2.25. The standard InChI is InChI=1S/C17H26N2O/c1-4-5-6-7-10-13-19-15-12-9-8-11-14(15)18-16(19)17(2,3)20/h8-9,11-12,20H,4-7,10,13H2,1-3H3. The topological polar surface area (TPSA) is 38.0 Å². The molecule has 0 saturated carbocycles. The average Bonchev–Trinajstić information content (AvgIpc) is 2.78. The summed E-state index contributed by atoms with van der Waals surface area (Å²) in [5.74, 6) is 0.772. The third kappa shape index (κ3) is 3.40. The van der Waals surface area contributed by atoms with Crippen LogP contribution in [0.25, 0.3) is 11.0 Å². The molecule has 0 amide bonds. The maximum absolute atomic E-state index is 10.3. The van der Waals surface area contributed by atoms with E-state index in [1.54, 1.807) is 0 Å². The van der Waals surface area contributed by atoms with Crippen LogP contribution >= 0.6 is 0 Å². The van der Waals surface area contributed by atoms with Crippen molar-refractivity contribution in [2.24, 2.45) is 0 Å². The normalized spacial score (nSPS) is 12.2. The summed E-state index contributed by atoms with van der Waals surface area (Å²) in [5.41, 5.74) is 1.20. The first-order valence-corrected chi connectivity index (χ1v) is 7.72. The van der Waals surface area contributed by atoms with E-state index in [4.69, 9.17) is 0 Å². The monoisotopic (exact) mass is 274 g/mol. The number of rotatable bonds is 7. The van der Waals surface area contributed by atoms with Crippen LogP contribution in [-0.2, 0) is 12.1 Å². The number of fused-ring (bicyclic) bond motifs is 1. The van der Waals surface area contributed by atoms with E-state index in [9.17, 15) is 5.11 Å². The zero-order valence-corrected chi connectivity index (χ0v) is 12.9. The fourth-order valence-corrected chi connectivity index (χ4v) is 2.64. The molecule has 0 aliphatic carbocycles. The van der Waals surface area contributed by atoms with Gasteiger partial charge in [0.1, 0.15) is 11.4 Å². The number of para-hydroxylation sites is 2. The quantitative estimate of drug-likeness (QED) is 0.767. The van der Waals surface area contributed by atoms with E-state index in [0.29, 0.717) is 0 Å². The van der Waals surface area contributed by atoms with Crippen LogP contribution in [0.15, 0.2) is 24.3 Å². The molecule has 0 bridgehead atoms. The Kier molecular flexibility index (Phi) is 4.81. The van der Waals surface area contributed by atoms with Gasteiger partial charge in [-0.1, -0.05) is 44.7 Å². The van der Waals surface area contributed by atoms with Crippen LogP contribution in [-0.4, -0.2) is 14.7 Å². The third-order valence-corrected chi connectivity index (χ3v) is 3.69. The molecule has 20 heavy (non-hydrogen) atoms. The molecule has 0 spiro atoms. The second-order valence-corrected chi connectivity index (χ2v) is 6.05. The highest BCUT2D eigenvalue weighted by Gasteiger charge is 2.24. The summed E-state index contributed by atoms with van der Waals surface area (Å²) in [5, 5.41) is 10.3. The van der Waals surface area contributed by atoms with Crippen molar-refractivity contribution in [1.82, 2.24) is 9.55 Å². The highest BCUT2D eigenvalue weighted by molar-refractivity contribution is 5.76. The Morgan fingerprint density at radius 2 is 1.80 bits per heavy atom. The van der Waals surface area contributed by atoms with Gasteiger partial charge in [0, 0.05) is 6.54 Å². The van der Waals surface area contributed by atoms with Gasteiger partial charge in [0.2, 0.25) is 0 Å². The summed E-state index contributed by atoms with van der Waals surface area (Å²) >= 11 is 0. The Balaban J connectivity index is 2.20. The van der Waals surface area contributed by atoms with Gasteiger partial charge in [-0.05, 0) is 32.4 Å². The van der Waals surface area contributed by atoms with Gasteiger partial charge in [-0.3, -0.25) is 0 Å². The molecule has 3 heteroatoms.